The Balaban J connectivity index is 1.54. The molecule has 1 amide bonds. The summed E-state index contributed by atoms with van der Waals surface area (Å²) < 4.78 is 1.71. The number of amides is 1. The van der Waals surface area contributed by atoms with Crippen molar-refractivity contribution in [3.63, 3.8) is 0 Å². The second-order valence-corrected chi connectivity index (χ2v) is 7.18. The lowest BCUT2D eigenvalue weighted by Crippen LogP contribution is -2.26. The Kier molecular flexibility index (Phi) is 3.87. The van der Waals surface area contributed by atoms with E-state index in [0.717, 1.165) is 21.1 Å². The van der Waals surface area contributed by atoms with E-state index in [4.69, 9.17) is 0 Å². The maximum Gasteiger partial charge on any atom is 0.257 e. The summed E-state index contributed by atoms with van der Waals surface area (Å²) in [6.07, 6.45) is 3.45. The molecule has 0 bridgehead atoms. The monoisotopic (exact) mass is 354 g/mol. The van der Waals surface area contributed by atoms with E-state index in [1.54, 1.807) is 45.3 Å². The molecule has 0 aliphatic heterocycles. The number of thiophene rings is 1. The van der Waals surface area contributed by atoms with Gasteiger partial charge in [-0.25, -0.2) is 9.50 Å². The van der Waals surface area contributed by atoms with Crippen LogP contribution in [0.4, 0.5) is 0 Å². The lowest BCUT2D eigenvalue weighted by Gasteiger charge is -2.15. The molecule has 0 atom stereocenters. The van der Waals surface area contributed by atoms with Gasteiger partial charge in [0.1, 0.15) is 5.01 Å². The summed E-state index contributed by atoms with van der Waals surface area (Å²) in [7, 11) is 1.79. The number of rotatable bonds is 4. The maximum atomic E-state index is 12.7. The van der Waals surface area contributed by atoms with Gasteiger partial charge in [-0.15, -0.1) is 22.7 Å². The molecule has 0 fully saturated rings. The molecule has 0 aliphatic rings. The van der Waals surface area contributed by atoms with E-state index in [2.05, 4.69) is 16.1 Å². The Morgan fingerprint density at radius 2 is 2.17 bits per heavy atom. The van der Waals surface area contributed by atoms with Crippen molar-refractivity contribution >= 4 is 34.1 Å². The van der Waals surface area contributed by atoms with E-state index >= 15 is 0 Å². The SMILES string of the molecule is CN(Cc1csc(-c2cccs2)n1)C(=O)c1cnn2ccccc12. The first-order valence-corrected chi connectivity index (χ1v) is 9.14. The third kappa shape index (κ3) is 2.72. The van der Waals surface area contributed by atoms with Gasteiger partial charge in [0.2, 0.25) is 0 Å². The van der Waals surface area contributed by atoms with Gasteiger partial charge in [0.15, 0.2) is 0 Å². The highest BCUT2D eigenvalue weighted by Crippen LogP contribution is 2.28. The topological polar surface area (TPSA) is 50.5 Å². The normalized spacial score (nSPS) is 11.0. The lowest BCUT2D eigenvalue weighted by molar-refractivity contribution is 0.0785. The van der Waals surface area contributed by atoms with Crippen molar-refractivity contribution in [2.24, 2.45) is 0 Å². The number of carbonyl (C=O) groups excluding carboxylic acids is 1. The summed E-state index contributed by atoms with van der Waals surface area (Å²) in [4.78, 5) is 20.2. The van der Waals surface area contributed by atoms with Crippen molar-refractivity contribution in [3.8, 4) is 9.88 Å². The predicted octanol–water partition coefficient (Wildman–Crippen LogP) is 3.79. The molecule has 0 saturated carbocycles. The molecule has 0 aromatic carbocycles. The molecule has 0 radical (unpaired) electrons. The van der Waals surface area contributed by atoms with Crippen LogP contribution in [-0.2, 0) is 6.54 Å². The van der Waals surface area contributed by atoms with E-state index < -0.39 is 0 Å². The van der Waals surface area contributed by atoms with Crippen molar-refractivity contribution in [3.05, 3.63) is 64.7 Å². The first-order valence-electron chi connectivity index (χ1n) is 7.38. The number of carbonyl (C=O) groups is 1. The van der Waals surface area contributed by atoms with E-state index in [1.165, 1.54) is 0 Å². The van der Waals surface area contributed by atoms with E-state index in [9.17, 15) is 4.79 Å². The minimum atomic E-state index is -0.0538. The fourth-order valence-corrected chi connectivity index (χ4v) is 4.14. The van der Waals surface area contributed by atoms with Crippen LogP contribution in [-0.4, -0.2) is 32.5 Å². The summed E-state index contributed by atoms with van der Waals surface area (Å²) in [5, 5.41) is 9.27. The first kappa shape index (κ1) is 15.0. The molecule has 7 heteroatoms. The van der Waals surface area contributed by atoms with Crippen molar-refractivity contribution < 1.29 is 4.79 Å². The highest BCUT2D eigenvalue weighted by atomic mass is 32.1. The zero-order chi connectivity index (χ0) is 16.5. The van der Waals surface area contributed by atoms with Gasteiger partial charge >= 0.3 is 0 Å². The summed E-state index contributed by atoms with van der Waals surface area (Å²) in [5.41, 5.74) is 2.31. The molecular formula is C17H14N4OS2. The van der Waals surface area contributed by atoms with Crippen LogP contribution in [0.15, 0.2) is 53.5 Å². The summed E-state index contributed by atoms with van der Waals surface area (Å²) in [5.74, 6) is -0.0538. The summed E-state index contributed by atoms with van der Waals surface area (Å²) in [6.45, 7) is 0.477. The number of thiazole rings is 1. The van der Waals surface area contributed by atoms with Crippen LogP contribution in [0.25, 0.3) is 15.4 Å². The summed E-state index contributed by atoms with van der Waals surface area (Å²) >= 11 is 3.28. The zero-order valence-corrected chi connectivity index (χ0v) is 14.5. The fourth-order valence-electron chi connectivity index (χ4n) is 2.51. The predicted molar refractivity (Wildman–Crippen MR) is 96.4 cm³/mol. The minimum Gasteiger partial charge on any atom is -0.336 e. The van der Waals surface area contributed by atoms with Crippen molar-refractivity contribution in [1.82, 2.24) is 19.5 Å². The molecule has 4 heterocycles. The summed E-state index contributed by atoms with van der Waals surface area (Å²) in [6, 6.07) is 9.76. The van der Waals surface area contributed by atoms with Crippen molar-refractivity contribution in [2.75, 3.05) is 7.05 Å². The third-order valence-electron chi connectivity index (χ3n) is 3.69. The third-order valence-corrected chi connectivity index (χ3v) is 5.62. The van der Waals surface area contributed by atoms with Gasteiger partial charge < -0.3 is 4.90 Å². The second-order valence-electron chi connectivity index (χ2n) is 5.37. The maximum absolute atomic E-state index is 12.7. The highest BCUT2D eigenvalue weighted by Gasteiger charge is 2.18. The van der Waals surface area contributed by atoms with Crippen LogP contribution >= 0.6 is 22.7 Å². The fraction of sp³-hybridized carbons (Fsp3) is 0.118. The zero-order valence-electron chi connectivity index (χ0n) is 12.9. The molecule has 4 aromatic heterocycles. The molecule has 24 heavy (non-hydrogen) atoms. The van der Waals surface area contributed by atoms with Gasteiger partial charge in [-0.3, -0.25) is 4.79 Å². The Hall–Kier alpha value is -2.51. The number of nitrogens with zero attached hydrogens (tertiary/aromatic N) is 4. The molecule has 0 aliphatic carbocycles. The Labute approximate surface area is 146 Å². The minimum absolute atomic E-state index is 0.0538. The quantitative estimate of drug-likeness (QED) is 0.560. The number of aromatic nitrogens is 3. The standard InChI is InChI=1S/C17H14N4OS2/c1-20(10-12-11-24-16(19-12)15-6-4-8-23-15)17(22)13-9-18-21-7-3-2-5-14(13)21/h2-9,11H,10H2,1H3. The van der Waals surface area contributed by atoms with E-state index in [0.29, 0.717) is 12.1 Å². The Bertz CT molecular complexity index is 987. The van der Waals surface area contributed by atoms with Gasteiger partial charge in [-0.05, 0) is 23.6 Å². The number of hydrogen-bond donors (Lipinski definition) is 0. The molecule has 0 spiro atoms. The largest absolute Gasteiger partial charge is 0.336 e. The van der Waals surface area contributed by atoms with Crippen LogP contribution in [0.2, 0.25) is 0 Å². The van der Waals surface area contributed by atoms with Crippen LogP contribution in [0.3, 0.4) is 0 Å². The van der Waals surface area contributed by atoms with Gasteiger partial charge in [-0.1, -0.05) is 12.1 Å². The number of pyridine rings is 1. The molecule has 0 N–H and O–H groups in total. The molecule has 4 aromatic rings. The van der Waals surface area contributed by atoms with E-state index in [1.807, 2.05) is 41.2 Å². The van der Waals surface area contributed by atoms with Gasteiger partial charge in [0.25, 0.3) is 5.91 Å². The second kappa shape index (κ2) is 6.18. The lowest BCUT2D eigenvalue weighted by atomic mass is 10.2. The van der Waals surface area contributed by atoms with Crippen LogP contribution < -0.4 is 0 Å². The Morgan fingerprint density at radius 3 is 3.00 bits per heavy atom. The van der Waals surface area contributed by atoms with Crippen molar-refractivity contribution in [1.29, 1.82) is 0 Å². The van der Waals surface area contributed by atoms with Crippen LogP contribution in [0.1, 0.15) is 16.1 Å². The smallest absolute Gasteiger partial charge is 0.257 e. The molecular weight excluding hydrogens is 340 g/mol. The molecule has 0 saturated heterocycles. The number of fused-ring (bicyclic) bond motifs is 1. The average Bonchev–Trinajstić information content (AvgIpc) is 3.33. The van der Waals surface area contributed by atoms with Gasteiger partial charge in [-0.2, -0.15) is 5.10 Å². The van der Waals surface area contributed by atoms with Crippen LogP contribution in [0.5, 0.6) is 0 Å². The Morgan fingerprint density at radius 1 is 1.25 bits per heavy atom. The molecule has 5 nitrogen and oxygen atoms in total. The molecule has 120 valence electrons. The van der Waals surface area contributed by atoms with Crippen LogP contribution in [0, 0.1) is 0 Å². The first-order chi connectivity index (χ1) is 11.7. The highest BCUT2D eigenvalue weighted by molar-refractivity contribution is 7.20. The number of hydrogen-bond acceptors (Lipinski definition) is 5. The van der Waals surface area contributed by atoms with Gasteiger partial charge in [0, 0.05) is 18.6 Å². The van der Waals surface area contributed by atoms with Crippen molar-refractivity contribution in [2.45, 2.75) is 6.54 Å². The van der Waals surface area contributed by atoms with E-state index in [-0.39, 0.29) is 5.91 Å². The molecule has 4 rings (SSSR count). The average molecular weight is 354 g/mol. The van der Waals surface area contributed by atoms with Gasteiger partial charge in [0.05, 0.1) is 34.4 Å². The molecule has 0 unspecified atom stereocenters.